The summed E-state index contributed by atoms with van der Waals surface area (Å²) < 4.78 is 46.0. The summed E-state index contributed by atoms with van der Waals surface area (Å²) in [5, 5.41) is 3.05. The van der Waals surface area contributed by atoms with Gasteiger partial charge < -0.3 is 15.0 Å². The van der Waals surface area contributed by atoms with Gasteiger partial charge in [0.2, 0.25) is 21.8 Å². The highest BCUT2D eigenvalue weighted by Gasteiger charge is 2.31. The molecule has 1 aliphatic rings. The van der Waals surface area contributed by atoms with Crippen molar-refractivity contribution in [1.82, 2.24) is 10.2 Å². The first-order valence-electron chi connectivity index (χ1n) is 13.7. The molecular weight excluding hydrogens is 545 g/mol. The highest BCUT2D eigenvalue weighted by atomic mass is 32.2. The van der Waals surface area contributed by atoms with E-state index in [1.807, 2.05) is 18.2 Å². The van der Waals surface area contributed by atoms with Crippen LogP contribution in [0.15, 0.2) is 78.9 Å². The molecule has 1 fully saturated rings. The van der Waals surface area contributed by atoms with Crippen LogP contribution in [0.3, 0.4) is 0 Å². The Morgan fingerprint density at radius 2 is 1.54 bits per heavy atom. The van der Waals surface area contributed by atoms with Gasteiger partial charge in [-0.15, -0.1) is 0 Å². The Morgan fingerprint density at radius 3 is 2.15 bits per heavy atom. The summed E-state index contributed by atoms with van der Waals surface area (Å²) in [4.78, 5) is 28.3. The lowest BCUT2D eigenvalue weighted by Crippen LogP contribution is -2.52. The van der Waals surface area contributed by atoms with E-state index >= 15 is 0 Å². The number of hydrogen-bond acceptors (Lipinski definition) is 5. The van der Waals surface area contributed by atoms with Crippen molar-refractivity contribution >= 4 is 27.5 Å². The minimum Gasteiger partial charge on any atom is -0.457 e. The molecule has 1 N–H and O–H groups in total. The minimum absolute atomic E-state index is 0.0137. The molecule has 10 heteroatoms. The average Bonchev–Trinajstić information content (AvgIpc) is 2.96. The number of anilines is 1. The summed E-state index contributed by atoms with van der Waals surface area (Å²) in [7, 11) is -3.87. The van der Waals surface area contributed by atoms with Crippen molar-refractivity contribution in [3.63, 3.8) is 0 Å². The van der Waals surface area contributed by atoms with Gasteiger partial charge in [0.15, 0.2) is 0 Å². The van der Waals surface area contributed by atoms with Crippen molar-refractivity contribution in [1.29, 1.82) is 0 Å². The average molecular weight is 582 g/mol. The second-order valence-corrected chi connectivity index (χ2v) is 12.3. The number of nitrogens with zero attached hydrogens (tertiary/aromatic N) is 2. The van der Waals surface area contributed by atoms with Crippen molar-refractivity contribution < 1.29 is 27.1 Å². The molecule has 3 aromatic carbocycles. The third-order valence-corrected chi connectivity index (χ3v) is 8.31. The molecule has 1 saturated carbocycles. The fourth-order valence-electron chi connectivity index (χ4n) is 4.86. The van der Waals surface area contributed by atoms with Crippen molar-refractivity contribution in [2.45, 2.75) is 57.7 Å². The molecule has 2 amide bonds. The highest BCUT2D eigenvalue weighted by Crippen LogP contribution is 2.26. The van der Waals surface area contributed by atoms with Crippen LogP contribution in [0.4, 0.5) is 10.1 Å². The fraction of sp³-hybridized carbons (Fsp3) is 0.355. The lowest BCUT2D eigenvalue weighted by atomic mass is 9.95. The first kappa shape index (κ1) is 30.0. The van der Waals surface area contributed by atoms with Gasteiger partial charge in [0.05, 0.1) is 11.9 Å². The number of hydrogen-bond donors (Lipinski definition) is 1. The molecule has 0 radical (unpaired) electrons. The van der Waals surface area contributed by atoms with Crippen LogP contribution in [0.1, 0.15) is 44.6 Å². The number of halogens is 1. The summed E-state index contributed by atoms with van der Waals surface area (Å²) in [6.07, 6.45) is 6.01. The summed E-state index contributed by atoms with van der Waals surface area (Å²) >= 11 is 0. The number of ether oxygens (including phenoxy) is 1. The SMILES string of the molecule is C[C@@H](C(=O)NC1CCCCC1)N(Cc1ccc(F)cc1)C(=O)CN(c1ccc(Oc2ccccc2)cc1)S(C)(=O)=O. The maximum absolute atomic E-state index is 13.7. The van der Waals surface area contributed by atoms with Crippen molar-refractivity contribution in [2.24, 2.45) is 0 Å². The van der Waals surface area contributed by atoms with Crippen molar-refractivity contribution in [3.05, 3.63) is 90.2 Å². The van der Waals surface area contributed by atoms with Crippen molar-refractivity contribution in [2.75, 3.05) is 17.1 Å². The van der Waals surface area contributed by atoms with E-state index in [9.17, 15) is 22.4 Å². The zero-order valence-corrected chi connectivity index (χ0v) is 24.1. The van der Waals surface area contributed by atoms with Crippen molar-refractivity contribution in [3.8, 4) is 11.5 Å². The van der Waals surface area contributed by atoms with E-state index in [1.54, 1.807) is 55.5 Å². The maximum Gasteiger partial charge on any atom is 0.244 e. The van der Waals surface area contributed by atoms with E-state index in [2.05, 4.69) is 5.32 Å². The summed E-state index contributed by atoms with van der Waals surface area (Å²) in [6, 6.07) is 20.4. The number of nitrogens with one attached hydrogen (secondary N) is 1. The molecule has 0 unspecified atom stereocenters. The zero-order valence-electron chi connectivity index (χ0n) is 23.3. The standard InChI is InChI=1S/C31H36FN3O5S/c1-23(31(37)33-26-9-5-3-6-10-26)34(21-24-13-15-25(32)16-14-24)30(36)22-35(41(2,38)39)27-17-19-29(20-18-27)40-28-11-7-4-8-12-28/h4,7-8,11-20,23,26H,3,5-6,9-10,21-22H2,1-2H3,(H,33,37)/t23-/m0/s1. The van der Waals surface area contributed by atoms with Gasteiger partial charge >= 0.3 is 0 Å². The predicted octanol–water partition coefficient (Wildman–Crippen LogP) is 5.25. The lowest BCUT2D eigenvalue weighted by molar-refractivity contribution is -0.139. The first-order chi connectivity index (χ1) is 19.6. The van der Waals surface area contributed by atoms with E-state index in [0.717, 1.165) is 42.7 Å². The minimum atomic E-state index is -3.87. The molecule has 218 valence electrons. The van der Waals surface area contributed by atoms with E-state index in [1.165, 1.54) is 17.0 Å². The van der Waals surface area contributed by atoms with Crippen LogP contribution in [0.5, 0.6) is 11.5 Å². The van der Waals surface area contributed by atoms with Gasteiger partial charge in [-0.1, -0.05) is 49.6 Å². The van der Waals surface area contributed by atoms with E-state index < -0.39 is 34.3 Å². The van der Waals surface area contributed by atoms with Crippen LogP contribution in [0, 0.1) is 5.82 Å². The zero-order chi connectivity index (χ0) is 29.4. The summed E-state index contributed by atoms with van der Waals surface area (Å²) in [6.45, 7) is 1.12. The van der Waals surface area contributed by atoms with Gasteiger partial charge in [-0.25, -0.2) is 12.8 Å². The number of rotatable bonds is 11. The smallest absolute Gasteiger partial charge is 0.244 e. The monoisotopic (exact) mass is 581 g/mol. The first-order valence-corrected chi connectivity index (χ1v) is 15.6. The Hall–Kier alpha value is -3.92. The topological polar surface area (TPSA) is 96.0 Å². The van der Waals surface area contributed by atoms with Crippen LogP contribution in [-0.2, 0) is 26.2 Å². The molecule has 0 saturated heterocycles. The number of benzene rings is 3. The lowest BCUT2D eigenvalue weighted by Gasteiger charge is -2.33. The van der Waals surface area contributed by atoms with Gasteiger partial charge in [-0.2, -0.15) is 0 Å². The maximum atomic E-state index is 13.7. The molecule has 1 atom stereocenters. The Labute approximate surface area is 241 Å². The normalized spacial score (nSPS) is 14.6. The molecule has 1 aliphatic carbocycles. The van der Waals surface area contributed by atoms with Gasteiger partial charge in [-0.05, 0) is 73.9 Å². The predicted molar refractivity (Wildman–Crippen MR) is 157 cm³/mol. The van der Waals surface area contributed by atoms with Crippen LogP contribution < -0.4 is 14.4 Å². The molecular formula is C31H36FN3O5S. The van der Waals surface area contributed by atoms with Gasteiger partial charge in [-0.3, -0.25) is 13.9 Å². The van der Waals surface area contributed by atoms with E-state index in [4.69, 9.17) is 4.74 Å². The molecule has 41 heavy (non-hydrogen) atoms. The Balaban J connectivity index is 1.54. The molecule has 0 spiro atoms. The molecule has 4 rings (SSSR count). The Bertz CT molecular complexity index is 1410. The van der Waals surface area contributed by atoms with Crippen LogP contribution >= 0.6 is 0 Å². The number of carbonyl (C=O) groups is 2. The third-order valence-electron chi connectivity index (χ3n) is 7.17. The second-order valence-electron chi connectivity index (χ2n) is 10.3. The van der Waals surface area contributed by atoms with Crippen LogP contribution in [0.25, 0.3) is 0 Å². The molecule has 0 aromatic heterocycles. The Morgan fingerprint density at radius 1 is 0.927 bits per heavy atom. The van der Waals surface area contributed by atoms with Crippen LogP contribution in [0.2, 0.25) is 0 Å². The molecule has 0 bridgehead atoms. The highest BCUT2D eigenvalue weighted by molar-refractivity contribution is 7.92. The number of para-hydroxylation sites is 1. The fourth-order valence-corrected chi connectivity index (χ4v) is 5.71. The van der Waals surface area contributed by atoms with E-state index in [-0.39, 0.29) is 24.2 Å². The second kappa shape index (κ2) is 13.6. The van der Waals surface area contributed by atoms with Crippen LogP contribution in [-0.4, -0.2) is 50.0 Å². The van der Waals surface area contributed by atoms with Gasteiger partial charge in [0.1, 0.15) is 29.9 Å². The number of sulfonamides is 1. The van der Waals surface area contributed by atoms with E-state index in [0.29, 0.717) is 17.1 Å². The quantitative estimate of drug-likeness (QED) is 0.334. The summed E-state index contributed by atoms with van der Waals surface area (Å²) in [5.41, 5.74) is 0.896. The molecule has 0 aliphatic heterocycles. The molecule has 3 aromatic rings. The third kappa shape index (κ3) is 8.53. The largest absolute Gasteiger partial charge is 0.457 e. The summed E-state index contributed by atoms with van der Waals surface area (Å²) in [5.74, 6) is -0.146. The van der Waals surface area contributed by atoms with Gasteiger partial charge in [0.25, 0.3) is 0 Å². The number of amides is 2. The number of carbonyl (C=O) groups excluding carboxylic acids is 2. The van der Waals surface area contributed by atoms with Gasteiger partial charge in [0, 0.05) is 12.6 Å². The molecule has 0 heterocycles. The Kier molecular flexibility index (Phi) is 9.99. The molecule has 8 nitrogen and oxygen atoms in total.